The Labute approximate surface area is 149 Å². The van der Waals surface area contributed by atoms with Crippen LogP contribution in [-0.4, -0.2) is 34.1 Å². The largest absolute Gasteiger partial charge is 0.360 e. The van der Waals surface area contributed by atoms with Gasteiger partial charge in [0.05, 0.1) is 0 Å². The van der Waals surface area contributed by atoms with Crippen molar-refractivity contribution in [3.8, 4) is 0 Å². The van der Waals surface area contributed by atoms with E-state index in [0.717, 1.165) is 31.0 Å². The van der Waals surface area contributed by atoms with E-state index in [-0.39, 0.29) is 0 Å². The van der Waals surface area contributed by atoms with Gasteiger partial charge in [0.2, 0.25) is 0 Å². The molecule has 1 saturated carbocycles. The summed E-state index contributed by atoms with van der Waals surface area (Å²) in [5, 5.41) is 5.99. The summed E-state index contributed by atoms with van der Waals surface area (Å²) in [5.74, 6) is 0. The molecule has 1 fully saturated rings. The van der Waals surface area contributed by atoms with Crippen molar-refractivity contribution >= 4 is 28.2 Å². The Morgan fingerprint density at radius 3 is 2.79 bits per heavy atom. The van der Waals surface area contributed by atoms with Gasteiger partial charge in [-0.3, -0.25) is 0 Å². The van der Waals surface area contributed by atoms with Crippen LogP contribution in [0.3, 0.4) is 0 Å². The molecule has 0 radical (unpaired) electrons. The number of H-pyrrole nitrogens is 1. The van der Waals surface area contributed by atoms with E-state index in [1.807, 2.05) is 0 Å². The fourth-order valence-corrected chi connectivity index (χ4v) is 4.59. The molecule has 24 heavy (non-hydrogen) atoms. The third kappa shape index (κ3) is 3.16. The summed E-state index contributed by atoms with van der Waals surface area (Å²) in [6.45, 7) is 4.20. The summed E-state index contributed by atoms with van der Waals surface area (Å²) < 4.78 is 0. The third-order valence-corrected chi connectivity index (χ3v) is 6.01. The highest BCUT2D eigenvalue weighted by Gasteiger charge is 2.21. The average molecular weight is 342 g/mol. The lowest BCUT2D eigenvalue weighted by Crippen LogP contribution is -2.46. The Balaban J connectivity index is 1.46. The van der Waals surface area contributed by atoms with Gasteiger partial charge in [-0.15, -0.1) is 0 Å². The molecular formula is C20H27N3S. The summed E-state index contributed by atoms with van der Waals surface area (Å²) in [4.78, 5) is 6.01. The Morgan fingerprint density at radius 2 is 1.96 bits per heavy atom. The summed E-state index contributed by atoms with van der Waals surface area (Å²) in [5.41, 5.74) is 5.51. The van der Waals surface area contributed by atoms with Gasteiger partial charge in [-0.2, -0.15) is 0 Å². The summed E-state index contributed by atoms with van der Waals surface area (Å²) in [7, 11) is 0. The van der Waals surface area contributed by atoms with Gasteiger partial charge in [-0.1, -0.05) is 30.9 Å². The first-order chi connectivity index (χ1) is 11.7. The number of rotatable bonds is 1. The summed E-state index contributed by atoms with van der Waals surface area (Å²) in [6.07, 6.45) is 8.75. The zero-order valence-electron chi connectivity index (χ0n) is 14.5. The van der Waals surface area contributed by atoms with Crippen LogP contribution in [0, 0.1) is 6.92 Å². The number of aryl methyl sites for hydroxylation is 1. The molecule has 1 aliphatic carbocycles. The van der Waals surface area contributed by atoms with Crippen molar-refractivity contribution in [3.05, 3.63) is 35.0 Å². The molecule has 0 unspecified atom stereocenters. The first-order valence-electron chi connectivity index (χ1n) is 9.36. The normalized spacial score (nSPS) is 19.1. The van der Waals surface area contributed by atoms with E-state index < -0.39 is 0 Å². The smallest absolute Gasteiger partial charge is 0.169 e. The van der Waals surface area contributed by atoms with Gasteiger partial charge in [0.25, 0.3) is 0 Å². The molecule has 4 heteroatoms. The summed E-state index contributed by atoms with van der Waals surface area (Å²) in [6, 6.07) is 7.31. The fourth-order valence-electron chi connectivity index (χ4n) is 4.24. The molecule has 1 aromatic carbocycles. The van der Waals surface area contributed by atoms with Crippen molar-refractivity contribution in [2.45, 2.75) is 57.9 Å². The van der Waals surface area contributed by atoms with Gasteiger partial charge in [0, 0.05) is 42.1 Å². The Kier molecular flexibility index (Phi) is 4.49. The van der Waals surface area contributed by atoms with Gasteiger partial charge >= 0.3 is 0 Å². The van der Waals surface area contributed by atoms with Gasteiger partial charge in [-0.25, -0.2) is 0 Å². The van der Waals surface area contributed by atoms with E-state index in [4.69, 9.17) is 12.2 Å². The van der Waals surface area contributed by atoms with Crippen LogP contribution in [0.15, 0.2) is 18.2 Å². The maximum absolute atomic E-state index is 5.72. The van der Waals surface area contributed by atoms with Crippen molar-refractivity contribution in [2.24, 2.45) is 0 Å². The van der Waals surface area contributed by atoms with Crippen LogP contribution in [-0.2, 0) is 12.8 Å². The minimum atomic E-state index is 0.593. The van der Waals surface area contributed by atoms with E-state index >= 15 is 0 Å². The molecule has 3 nitrogen and oxygen atoms in total. The maximum atomic E-state index is 5.72. The van der Waals surface area contributed by atoms with Crippen LogP contribution in [0.25, 0.3) is 10.9 Å². The van der Waals surface area contributed by atoms with Gasteiger partial charge in [0.1, 0.15) is 0 Å². The van der Waals surface area contributed by atoms with Crippen molar-refractivity contribution in [2.75, 3.05) is 13.1 Å². The molecule has 0 bridgehead atoms. The molecule has 0 spiro atoms. The zero-order valence-corrected chi connectivity index (χ0v) is 15.3. The average Bonchev–Trinajstić information content (AvgIpc) is 2.79. The van der Waals surface area contributed by atoms with E-state index in [2.05, 4.69) is 40.3 Å². The topological polar surface area (TPSA) is 31.1 Å². The van der Waals surface area contributed by atoms with Gasteiger partial charge in [-0.05, 0) is 56.1 Å². The molecule has 128 valence electrons. The minimum Gasteiger partial charge on any atom is -0.360 e. The number of hydrogen-bond acceptors (Lipinski definition) is 1. The number of nitrogens with zero attached hydrogens (tertiary/aromatic N) is 1. The van der Waals surface area contributed by atoms with Crippen LogP contribution in [0.4, 0.5) is 0 Å². The quantitative estimate of drug-likeness (QED) is 0.766. The standard InChI is InChI=1S/C20H27N3S/c1-14-7-8-18-17(13-14)16-9-11-23(12-10-19(16)22-18)20(24)21-15-5-3-2-4-6-15/h7-8,13,15,22H,2-6,9-12H2,1H3,(H,21,24). The second-order valence-corrected chi connectivity index (χ2v) is 7.79. The van der Waals surface area contributed by atoms with E-state index in [1.54, 1.807) is 0 Å². The predicted octanol–water partition coefficient (Wildman–Crippen LogP) is 4.08. The number of nitrogens with one attached hydrogen (secondary N) is 2. The number of fused-ring (bicyclic) bond motifs is 3. The lowest BCUT2D eigenvalue weighted by atomic mass is 9.96. The van der Waals surface area contributed by atoms with E-state index in [0.29, 0.717) is 6.04 Å². The van der Waals surface area contributed by atoms with Crippen LogP contribution in [0.2, 0.25) is 0 Å². The second-order valence-electron chi connectivity index (χ2n) is 7.40. The van der Waals surface area contributed by atoms with Crippen molar-refractivity contribution < 1.29 is 0 Å². The highest BCUT2D eigenvalue weighted by molar-refractivity contribution is 7.80. The first kappa shape index (κ1) is 15.9. The maximum Gasteiger partial charge on any atom is 0.169 e. The predicted molar refractivity (Wildman–Crippen MR) is 105 cm³/mol. The molecule has 0 saturated heterocycles. The lowest BCUT2D eigenvalue weighted by Gasteiger charge is -2.30. The Morgan fingerprint density at radius 1 is 1.17 bits per heavy atom. The fraction of sp³-hybridized carbons (Fsp3) is 0.550. The molecule has 2 heterocycles. The number of thiocarbonyl (C=S) groups is 1. The first-order valence-corrected chi connectivity index (χ1v) is 9.77. The zero-order chi connectivity index (χ0) is 16.5. The van der Waals surface area contributed by atoms with Crippen molar-refractivity contribution in [1.82, 2.24) is 15.2 Å². The Bertz CT molecular complexity index is 743. The van der Waals surface area contributed by atoms with E-state index in [9.17, 15) is 0 Å². The SMILES string of the molecule is Cc1ccc2[nH]c3c(c2c1)CCN(C(=S)NC1CCCCC1)CC3. The number of aromatic amines is 1. The van der Waals surface area contributed by atoms with Gasteiger partial charge < -0.3 is 15.2 Å². The monoisotopic (exact) mass is 341 g/mol. The number of benzene rings is 1. The molecule has 1 aliphatic heterocycles. The van der Waals surface area contributed by atoms with Crippen LogP contribution >= 0.6 is 12.2 Å². The van der Waals surface area contributed by atoms with Crippen LogP contribution < -0.4 is 5.32 Å². The number of hydrogen-bond donors (Lipinski definition) is 2. The molecule has 1 aromatic heterocycles. The highest BCUT2D eigenvalue weighted by atomic mass is 32.1. The summed E-state index contributed by atoms with van der Waals surface area (Å²) >= 11 is 5.72. The second kappa shape index (κ2) is 6.75. The van der Waals surface area contributed by atoms with Crippen LogP contribution in [0.1, 0.15) is 48.9 Å². The van der Waals surface area contributed by atoms with Crippen molar-refractivity contribution in [3.63, 3.8) is 0 Å². The molecule has 2 aromatic rings. The molecule has 4 rings (SSSR count). The molecule has 2 N–H and O–H groups in total. The van der Waals surface area contributed by atoms with Crippen LogP contribution in [0.5, 0.6) is 0 Å². The molecule has 0 amide bonds. The number of aromatic nitrogens is 1. The Hall–Kier alpha value is -1.55. The molecule has 2 aliphatic rings. The van der Waals surface area contributed by atoms with E-state index in [1.165, 1.54) is 59.8 Å². The highest BCUT2D eigenvalue weighted by Crippen LogP contribution is 2.27. The van der Waals surface area contributed by atoms with Crippen molar-refractivity contribution in [1.29, 1.82) is 0 Å². The lowest BCUT2D eigenvalue weighted by molar-refractivity contribution is 0.378. The molecule has 0 atom stereocenters. The minimum absolute atomic E-state index is 0.593. The van der Waals surface area contributed by atoms with Gasteiger partial charge in [0.15, 0.2) is 5.11 Å². The third-order valence-electron chi connectivity index (χ3n) is 5.63. The molecular weight excluding hydrogens is 314 g/mol.